The van der Waals surface area contributed by atoms with Crippen molar-refractivity contribution in [1.29, 1.82) is 0 Å². The zero-order valence-electron chi connectivity index (χ0n) is 27.6. The number of nitrogens with zero attached hydrogens (tertiary/aromatic N) is 1. The first-order valence-corrected chi connectivity index (χ1v) is 16.7. The van der Waals surface area contributed by atoms with Crippen LogP contribution in [0.5, 0.6) is 0 Å². The van der Waals surface area contributed by atoms with Gasteiger partial charge < -0.3 is 10.2 Å². The number of fused-ring (bicyclic) bond motifs is 3. The van der Waals surface area contributed by atoms with E-state index in [4.69, 9.17) is 0 Å². The van der Waals surface area contributed by atoms with Crippen LogP contribution in [-0.2, 0) is 5.41 Å². The molecule has 48 heavy (non-hydrogen) atoms. The lowest BCUT2D eigenvalue weighted by atomic mass is 9.82. The Morgan fingerprint density at radius 3 is 1.56 bits per heavy atom. The number of nitrogens with one attached hydrogen (secondary N) is 1. The summed E-state index contributed by atoms with van der Waals surface area (Å²) < 4.78 is 0. The molecular weight excluding hydrogens is 581 g/mol. The van der Waals surface area contributed by atoms with Crippen molar-refractivity contribution in [3.05, 3.63) is 187 Å². The SMILES string of the molecule is Cc1cccc(Nc2ccc3c(c2)C(C)(C)c2cc(N(c4ccccc4)c4ccc(-c5ccc(-c6ccccc6)cc5)cc4)ccc2-3)c1. The lowest BCUT2D eigenvalue weighted by molar-refractivity contribution is 0.660. The minimum atomic E-state index is -0.150. The minimum Gasteiger partial charge on any atom is -0.356 e. The average Bonchev–Trinajstić information content (AvgIpc) is 3.35. The van der Waals surface area contributed by atoms with Crippen LogP contribution in [0.4, 0.5) is 28.4 Å². The van der Waals surface area contributed by atoms with Crippen LogP contribution in [0.2, 0.25) is 0 Å². The molecule has 7 aromatic rings. The maximum absolute atomic E-state index is 3.63. The Kier molecular flexibility index (Phi) is 7.42. The molecule has 1 aliphatic carbocycles. The van der Waals surface area contributed by atoms with E-state index >= 15 is 0 Å². The molecule has 0 unspecified atom stereocenters. The Labute approximate surface area is 284 Å². The summed E-state index contributed by atoms with van der Waals surface area (Å²) in [6.07, 6.45) is 0. The largest absolute Gasteiger partial charge is 0.356 e. The number of hydrogen-bond donors (Lipinski definition) is 1. The van der Waals surface area contributed by atoms with E-state index in [2.05, 4.69) is 201 Å². The smallest absolute Gasteiger partial charge is 0.0465 e. The minimum absolute atomic E-state index is 0.150. The molecule has 0 spiro atoms. The molecule has 0 amide bonds. The Hall–Kier alpha value is -5.86. The highest BCUT2D eigenvalue weighted by Crippen LogP contribution is 2.51. The third-order valence-electron chi connectivity index (χ3n) is 9.69. The quantitative estimate of drug-likeness (QED) is 0.191. The van der Waals surface area contributed by atoms with Crippen molar-refractivity contribution in [1.82, 2.24) is 0 Å². The van der Waals surface area contributed by atoms with Crippen LogP contribution in [-0.4, -0.2) is 0 Å². The highest BCUT2D eigenvalue weighted by Gasteiger charge is 2.36. The molecule has 0 bridgehead atoms. The van der Waals surface area contributed by atoms with Crippen LogP contribution in [0.3, 0.4) is 0 Å². The molecule has 0 saturated carbocycles. The number of hydrogen-bond acceptors (Lipinski definition) is 2. The molecule has 232 valence electrons. The topological polar surface area (TPSA) is 15.3 Å². The molecule has 7 aromatic carbocycles. The van der Waals surface area contributed by atoms with E-state index in [0.717, 1.165) is 28.4 Å². The van der Waals surface area contributed by atoms with Gasteiger partial charge in [0.25, 0.3) is 0 Å². The molecule has 1 aliphatic rings. The van der Waals surface area contributed by atoms with Crippen molar-refractivity contribution >= 4 is 28.4 Å². The maximum atomic E-state index is 3.63. The van der Waals surface area contributed by atoms with E-state index in [0.29, 0.717) is 0 Å². The van der Waals surface area contributed by atoms with E-state index < -0.39 is 0 Å². The van der Waals surface area contributed by atoms with Crippen LogP contribution in [0.25, 0.3) is 33.4 Å². The number of anilines is 5. The van der Waals surface area contributed by atoms with E-state index in [1.165, 1.54) is 50.1 Å². The summed E-state index contributed by atoms with van der Waals surface area (Å²) in [5, 5.41) is 3.63. The van der Waals surface area contributed by atoms with Gasteiger partial charge in [0.15, 0.2) is 0 Å². The van der Waals surface area contributed by atoms with Crippen LogP contribution in [0.15, 0.2) is 170 Å². The second kappa shape index (κ2) is 12.1. The van der Waals surface area contributed by atoms with E-state index in [9.17, 15) is 0 Å². The first kappa shape index (κ1) is 29.5. The van der Waals surface area contributed by atoms with Gasteiger partial charge in [0, 0.05) is 33.9 Å². The third-order valence-corrected chi connectivity index (χ3v) is 9.69. The second-order valence-electron chi connectivity index (χ2n) is 13.3. The highest BCUT2D eigenvalue weighted by atomic mass is 15.1. The lowest BCUT2D eigenvalue weighted by Gasteiger charge is -2.28. The predicted molar refractivity (Wildman–Crippen MR) is 204 cm³/mol. The molecule has 2 heteroatoms. The van der Waals surface area contributed by atoms with Crippen molar-refractivity contribution in [2.45, 2.75) is 26.2 Å². The van der Waals surface area contributed by atoms with Gasteiger partial charge >= 0.3 is 0 Å². The Morgan fingerprint density at radius 2 is 0.917 bits per heavy atom. The Balaban J connectivity index is 1.12. The summed E-state index contributed by atoms with van der Waals surface area (Å²) in [7, 11) is 0. The fraction of sp³-hybridized carbons (Fsp3) is 0.0870. The predicted octanol–water partition coefficient (Wildman–Crippen LogP) is 12.8. The zero-order chi connectivity index (χ0) is 32.7. The van der Waals surface area contributed by atoms with Gasteiger partial charge in [-0.2, -0.15) is 0 Å². The van der Waals surface area contributed by atoms with Gasteiger partial charge in [-0.05, 0) is 118 Å². The van der Waals surface area contributed by atoms with Crippen LogP contribution >= 0.6 is 0 Å². The van der Waals surface area contributed by atoms with E-state index in [1.54, 1.807) is 0 Å². The fourth-order valence-electron chi connectivity index (χ4n) is 7.14. The molecule has 1 N–H and O–H groups in total. The van der Waals surface area contributed by atoms with Crippen molar-refractivity contribution in [2.24, 2.45) is 0 Å². The number of benzene rings is 7. The second-order valence-corrected chi connectivity index (χ2v) is 13.3. The molecule has 0 fully saturated rings. The van der Waals surface area contributed by atoms with Gasteiger partial charge in [0.1, 0.15) is 0 Å². The number of aryl methyl sites for hydroxylation is 1. The van der Waals surface area contributed by atoms with Gasteiger partial charge in [-0.15, -0.1) is 0 Å². The molecule has 0 aromatic heterocycles. The van der Waals surface area contributed by atoms with E-state index in [-0.39, 0.29) is 5.41 Å². The first-order valence-electron chi connectivity index (χ1n) is 16.7. The molecule has 0 aliphatic heterocycles. The number of para-hydroxylation sites is 1. The Morgan fingerprint density at radius 1 is 0.417 bits per heavy atom. The molecule has 2 nitrogen and oxygen atoms in total. The molecule has 0 saturated heterocycles. The molecular formula is C46H38N2. The van der Waals surface area contributed by atoms with Crippen molar-refractivity contribution in [3.8, 4) is 33.4 Å². The molecule has 0 heterocycles. The van der Waals surface area contributed by atoms with Gasteiger partial charge in [0.2, 0.25) is 0 Å². The van der Waals surface area contributed by atoms with Crippen LogP contribution < -0.4 is 10.2 Å². The summed E-state index contributed by atoms with van der Waals surface area (Å²) in [5.41, 5.74) is 16.9. The van der Waals surface area contributed by atoms with Gasteiger partial charge in [0.05, 0.1) is 0 Å². The first-order chi connectivity index (χ1) is 23.4. The summed E-state index contributed by atoms with van der Waals surface area (Å²) >= 11 is 0. The van der Waals surface area contributed by atoms with Gasteiger partial charge in [-0.3, -0.25) is 0 Å². The molecule has 0 atom stereocenters. The monoisotopic (exact) mass is 618 g/mol. The Bertz CT molecular complexity index is 2210. The lowest BCUT2D eigenvalue weighted by Crippen LogP contribution is -2.16. The van der Waals surface area contributed by atoms with Crippen LogP contribution in [0.1, 0.15) is 30.5 Å². The zero-order valence-corrected chi connectivity index (χ0v) is 27.6. The average molecular weight is 619 g/mol. The number of rotatable bonds is 7. The standard InChI is InChI=1S/C46H38N2/c1-32-11-10-14-37(29-32)47-38-23-27-42-43-28-26-41(31-45(43)46(2,3)44(42)30-38)48(39-15-8-5-9-16-39)40-24-21-36(22-25-40)35-19-17-34(18-20-35)33-12-6-4-7-13-33/h4-31,47H,1-3H3. The summed E-state index contributed by atoms with van der Waals surface area (Å²) in [6, 6.07) is 61.3. The highest BCUT2D eigenvalue weighted by molar-refractivity contribution is 5.87. The van der Waals surface area contributed by atoms with Crippen molar-refractivity contribution in [3.63, 3.8) is 0 Å². The van der Waals surface area contributed by atoms with Gasteiger partial charge in [-0.1, -0.05) is 123 Å². The van der Waals surface area contributed by atoms with E-state index in [1.807, 2.05) is 0 Å². The maximum Gasteiger partial charge on any atom is 0.0465 e. The summed E-state index contributed by atoms with van der Waals surface area (Å²) in [6.45, 7) is 6.83. The van der Waals surface area contributed by atoms with Gasteiger partial charge in [-0.25, -0.2) is 0 Å². The van der Waals surface area contributed by atoms with Crippen molar-refractivity contribution in [2.75, 3.05) is 10.2 Å². The summed E-state index contributed by atoms with van der Waals surface area (Å²) in [4.78, 5) is 2.37. The third kappa shape index (κ3) is 5.46. The molecule has 0 radical (unpaired) electrons. The van der Waals surface area contributed by atoms with Crippen LogP contribution in [0, 0.1) is 6.92 Å². The summed E-state index contributed by atoms with van der Waals surface area (Å²) in [5.74, 6) is 0. The normalized spacial score (nSPS) is 12.6. The fourth-order valence-corrected chi connectivity index (χ4v) is 7.14. The van der Waals surface area contributed by atoms with Crippen molar-refractivity contribution < 1.29 is 0 Å². The molecule has 8 rings (SSSR count).